The minimum atomic E-state index is -0.416. The van der Waals surface area contributed by atoms with Crippen molar-refractivity contribution < 1.29 is 18.7 Å². The molecule has 2 atom stereocenters. The Labute approximate surface area is 134 Å². The van der Waals surface area contributed by atoms with Crippen LogP contribution in [-0.4, -0.2) is 18.7 Å². The second kappa shape index (κ2) is 6.86. The van der Waals surface area contributed by atoms with Crippen LogP contribution in [0.3, 0.4) is 0 Å². The number of hydrogen-bond acceptors (Lipinski definition) is 5. The number of carbonyl (C=O) groups is 1. The number of esters is 1. The molecule has 0 bridgehead atoms. The third kappa shape index (κ3) is 4.12. The molecule has 2 unspecified atom stereocenters. The van der Waals surface area contributed by atoms with Crippen LogP contribution in [0.25, 0.3) is 11.0 Å². The zero-order valence-electron chi connectivity index (χ0n) is 13.1. The molecule has 122 valence electrons. The zero-order chi connectivity index (χ0) is 16.2. The number of benzene rings is 1. The predicted molar refractivity (Wildman–Crippen MR) is 85.5 cm³/mol. The van der Waals surface area contributed by atoms with Gasteiger partial charge in [0.05, 0.1) is 0 Å². The molecule has 5 heteroatoms. The van der Waals surface area contributed by atoms with Gasteiger partial charge in [-0.3, -0.25) is 0 Å². The maximum Gasteiger partial charge on any atom is 0.344 e. The van der Waals surface area contributed by atoms with Crippen molar-refractivity contribution in [2.75, 3.05) is 6.61 Å². The summed E-state index contributed by atoms with van der Waals surface area (Å²) >= 11 is 0. The Bertz CT molecular complexity index is 748. The summed E-state index contributed by atoms with van der Waals surface area (Å²) in [5.41, 5.74) is 0.0185. The highest BCUT2D eigenvalue weighted by Gasteiger charge is 2.22. The van der Waals surface area contributed by atoms with Crippen LogP contribution in [0.1, 0.15) is 32.6 Å². The van der Waals surface area contributed by atoms with Gasteiger partial charge in [-0.1, -0.05) is 13.3 Å². The molecule has 0 spiro atoms. The Balaban J connectivity index is 1.57. The molecule has 1 aliphatic carbocycles. The van der Waals surface area contributed by atoms with Crippen molar-refractivity contribution in [3.63, 3.8) is 0 Å². The average molecular weight is 316 g/mol. The largest absolute Gasteiger partial charge is 0.482 e. The summed E-state index contributed by atoms with van der Waals surface area (Å²) in [5, 5.41) is 0.802. The fourth-order valence-electron chi connectivity index (χ4n) is 2.98. The van der Waals surface area contributed by atoms with Crippen molar-refractivity contribution in [2.24, 2.45) is 5.92 Å². The first-order valence-corrected chi connectivity index (χ1v) is 7.96. The van der Waals surface area contributed by atoms with Crippen molar-refractivity contribution in [2.45, 2.75) is 38.7 Å². The molecule has 1 saturated carbocycles. The first-order chi connectivity index (χ1) is 11.1. The summed E-state index contributed by atoms with van der Waals surface area (Å²) in [6.45, 7) is 2.03. The molecule has 2 aromatic rings. The van der Waals surface area contributed by atoms with Gasteiger partial charge in [0.25, 0.3) is 0 Å². The Kier molecular flexibility index (Phi) is 4.65. The summed E-state index contributed by atoms with van der Waals surface area (Å²) in [5.74, 6) is 0.713. The molecule has 1 aliphatic rings. The van der Waals surface area contributed by atoms with Crippen LogP contribution in [0.2, 0.25) is 0 Å². The molecule has 1 aromatic heterocycles. The minimum absolute atomic E-state index is 0.00414. The van der Waals surface area contributed by atoms with Crippen molar-refractivity contribution in [3.8, 4) is 5.75 Å². The summed E-state index contributed by atoms with van der Waals surface area (Å²) in [7, 11) is 0. The Morgan fingerprint density at radius 1 is 1.26 bits per heavy atom. The quantitative estimate of drug-likeness (QED) is 0.639. The maximum absolute atomic E-state index is 11.9. The lowest BCUT2D eigenvalue weighted by atomic mass is 9.89. The molecule has 1 aromatic carbocycles. The molecule has 1 heterocycles. The molecule has 23 heavy (non-hydrogen) atoms. The normalized spacial score (nSPS) is 21.1. The van der Waals surface area contributed by atoms with Crippen LogP contribution >= 0.6 is 0 Å². The van der Waals surface area contributed by atoms with Crippen molar-refractivity contribution >= 4 is 16.9 Å². The van der Waals surface area contributed by atoms with E-state index in [0.29, 0.717) is 17.3 Å². The molecule has 0 saturated heterocycles. The van der Waals surface area contributed by atoms with Gasteiger partial charge in [0.1, 0.15) is 17.4 Å². The Morgan fingerprint density at radius 3 is 2.91 bits per heavy atom. The summed E-state index contributed by atoms with van der Waals surface area (Å²) in [6.07, 6.45) is 4.16. The van der Waals surface area contributed by atoms with E-state index in [0.717, 1.165) is 24.6 Å². The van der Waals surface area contributed by atoms with Gasteiger partial charge in [0, 0.05) is 17.5 Å². The van der Waals surface area contributed by atoms with Crippen LogP contribution in [0.5, 0.6) is 5.75 Å². The number of ether oxygens (including phenoxy) is 2. The van der Waals surface area contributed by atoms with Gasteiger partial charge in [-0.25, -0.2) is 9.59 Å². The highest BCUT2D eigenvalue weighted by atomic mass is 16.6. The topological polar surface area (TPSA) is 65.7 Å². The van der Waals surface area contributed by atoms with Gasteiger partial charge in [-0.15, -0.1) is 0 Å². The number of rotatable bonds is 4. The average Bonchev–Trinajstić information content (AvgIpc) is 2.52. The standard InChI is InChI=1S/C18H20O5/c1-12-3-2-4-15(9-12)22-18(20)11-21-14-7-5-13-6-8-17(19)23-16(13)10-14/h5-8,10,12,15H,2-4,9,11H2,1H3. The molecule has 0 amide bonds. The molecule has 0 radical (unpaired) electrons. The van der Waals surface area contributed by atoms with E-state index in [1.165, 1.54) is 12.5 Å². The summed E-state index contributed by atoms with van der Waals surface area (Å²) in [4.78, 5) is 23.1. The van der Waals surface area contributed by atoms with Crippen LogP contribution in [0.4, 0.5) is 0 Å². The van der Waals surface area contributed by atoms with Gasteiger partial charge < -0.3 is 13.9 Å². The molecular formula is C18H20O5. The second-order valence-electron chi connectivity index (χ2n) is 6.13. The van der Waals surface area contributed by atoms with Crippen LogP contribution in [-0.2, 0) is 9.53 Å². The lowest BCUT2D eigenvalue weighted by Gasteiger charge is -2.26. The van der Waals surface area contributed by atoms with Crippen LogP contribution in [0.15, 0.2) is 39.5 Å². The third-order valence-electron chi connectivity index (χ3n) is 4.14. The predicted octanol–water partition coefficient (Wildman–Crippen LogP) is 3.29. The number of carbonyl (C=O) groups excluding carboxylic acids is 1. The second-order valence-corrected chi connectivity index (χ2v) is 6.13. The molecule has 3 rings (SSSR count). The van der Waals surface area contributed by atoms with E-state index in [-0.39, 0.29) is 18.7 Å². The fourth-order valence-corrected chi connectivity index (χ4v) is 2.98. The lowest BCUT2D eigenvalue weighted by molar-refractivity contribution is -0.153. The van der Waals surface area contributed by atoms with Gasteiger partial charge in [0.2, 0.25) is 0 Å². The van der Waals surface area contributed by atoms with Gasteiger partial charge in [-0.2, -0.15) is 0 Å². The van der Waals surface area contributed by atoms with Crippen molar-refractivity contribution in [1.82, 2.24) is 0 Å². The minimum Gasteiger partial charge on any atom is -0.482 e. The maximum atomic E-state index is 11.9. The molecule has 1 fully saturated rings. The van der Waals surface area contributed by atoms with Gasteiger partial charge in [-0.05, 0) is 43.4 Å². The SMILES string of the molecule is CC1CCCC(OC(=O)COc2ccc3ccc(=O)oc3c2)C1. The molecule has 5 nitrogen and oxygen atoms in total. The van der Waals surface area contributed by atoms with E-state index in [1.807, 2.05) is 0 Å². The van der Waals surface area contributed by atoms with E-state index in [4.69, 9.17) is 13.9 Å². The van der Waals surface area contributed by atoms with E-state index >= 15 is 0 Å². The lowest BCUT2D eigenvalue weighted by Crippen LogP contribution is -2.27. The molecular weight excluding hydrogens is 296 g/mol. The van der Waals surface area contributed by atoms with E-state index in [1.54, 1.807) is 24.3 Å². The smallest absolute Gasteiger partial charge is 0.344 e. The first kappa shape index (κ1) is 15.6. The number of hydrogen-bond donors (Lipinski definition) is 0. The van der Waals surface area contributed by atoms with Crippen LogP contribution in [0, 0.1) is 5.92 Å². The van der Waals surface area contributed by atoms with Crippen molar-refractivity contribution in [1.29, 1.82) is 0 Å². The highest BCUT2D eigenvalue weighted by molar-refractivity contribution is 5.78. The third-order valence-corrected chi connectivity index (χ3v) is 4.14. The fraction of sp³-hybridized carbons (Fsp3) is 0.444. The van der Waals surface area contributed by atoms with Gasteiger partial charge >= 0.3 is 11.6 Å². The zero-order valence-corrected chi connectivity index (χ0v) is 13.1. The van der Waals surface area contributed by atoms with Gasteiger partial charge in [0.15, 0.2) is 6.61 Å². The highest BCUT2D eigenvalue weighted by Crippen LogP contribution is 2.26. The first-order valence-electron chi connectivity index (χ1n) is 7.96. The van der Waals surface area contributed by atoms with Crippen molar-refractivity contribution in [3.05, 3.63) is 40.8 Å². The van der Waals surface area contributed by atoms with E-state index in [9.17, 15) is 9.59 Å². The monoisotopic (exact) mass is 316 g/mol. The molecule has 0 N–H and O–H groups in total. The van der Waals surface area contributed by atoms with E-state index in [2.05, 4.69) is 6.92 Å². The molecule has 0 aliphatic heterocycles. The summed E-state index contributed by atoms with van der Waals surface area (Å²) < 4.78 is 16.0. The van der Waals surface area contributed by atoms with E-state index < -0.39 is 5.63 Å². The summed E-state index contributed by atoms with van der Waals surface area (Å²) in [6, 6.07) is 8.17. The Morgan fingerprint density at radius 2 is 2.09 bits per heavy atom. The van der Waals surface area contributed by atoms with Crippen LogP contribution < -0.4 is 10.4 Å². The Hall–Kier alpha value is -2.30. The number of fused-ring (bicyclic) bond motifs is 1.